The number of nitrogens with one attached hydrogen (secondary N) is 1. The Labute approximate surface area is 183 Å². The van der Waals surface area contributed by atoms with Crippen molar-refractivity contribution in [1.82, 2.24) is 5.32 Å². The van der Waals surface area contributed by atoms with Gasteiger partial charge in [-0.15, -0.1) is 0 Å². The van der Waals surface area contributed by atoms with Gasteiger partial charge in [-0.1, -0.05) is 70.5 Å². The molecule has 0 aromatic heterocycles. The third-order valence-corrected chi connectivity index (χ3v) is 5.73. The van der Waals surface area contributed by atoms with E-state index in [4.69, 9.17) is 4.74 Å². The minimum atomic E-state index is -0.831. The van der Waals surface area contributed by atoms with Crippen LogP contribution < -0.4 is 15.0 Å². The Morgan fingerprint density at radius 3 is 2.60 bits per heavy atom. The molecule has 0 bridgehead atoms. The molecule has 0 spiro atoms. The molecule has 0 saturated heterocycles. The Morgan fingerprint density at radius 2 is 1.83 bits per heavy atom. The van der Waals surface area contributed by atoms with Gasteiger partial charge in [-0.2, -0.15) is 0 Å². The number of hydrogen-bond acceptors (Lipinski definition) is 3. The van der Waals surface area contributed by atoms with Gasteiger partial charge in [0, 0.05) is 11.0 Å². The summed E-state index contributed by atoms with van der Waals surface area (Å²) in [6.07, 6.45) is 0. The third kappa shape index (κ3) is 4.09. The fourth-order valence-electron chi connectivity index (χ4n) is 3.54. The topological polar surface area (TPSA) is 58.6 Å². The van der Waals surface area contributed by atoms with Gasteiger partial charge in [-0.25, -0.2) is 0 Å². The fraction of sp³-hybridized carbons (Fsp3) is 0.167. The number of amides is 2. The standard InChI is InChI=1S/C24H21BrN2O3/c1-16-11-12-20-21(13-16)30-15-22(28)27(20)23(18-9-5-6-10-19(18)25)24(29)26-14-17-7-3-2-4-8-17/h2-13,23H,14-15H2,1H3,(H,26,29). The molecule has 0 saturated carbocycles. The highest BCUT2D eigenvalue weighted by Crippen LogP contribution is 2.39. The van der Waals surface area contributed by atoms with E-state index in [1.165, 1.54) is 0 Å². The Kier molecular flexibility index (Phi) is 5.86. The number of carbonyl (C=O) groups is 2. The van der Waals surface area contributed by atoms with Crippen LogP contribution in [0.3, 0.4) is 0 Å². The second-order valence-corrected chi connectivity index (χ2v) is 8.01. The molecule has 3 aromatic carbocycles. The summed E-state index contributed by atoms with van der Waals surface area (Å²) in [5, 5.41) is 2.99. The summed E-state index contributed by atoms with van der Waals surface area (Å²) in [6, 6.07) is 21.9. The van der Waals surface area contributed by atoms with Crippen LogP contribution in [0.25, 0.3) is 0 Å². The van der Waals surface area contributed by atoms with Crippen molar-refractivity contribution in [2.24, 2.45) is 0 Å². The highest BCUT2D eigenvalue weighted by Gasteiger charge is 2.37. The lowest BCUT2D eigenvalue weighted by Crippen LogP contribution is -2.47. The van der Waals surface area contributed by atoms with E-state index < -0.39 is 6.04 Å². The summed E-state index contributed by atoms with van der Waals surface area (Å²) in [5.74, 6) is 0.0806. The van der Waals surface area contributed by atoms with Gasteiger partial charge >= 0.3 is 0 Å². The molecule has 5 nitrogen and oxygen atoms in total. The van der Waals surface area contributed by atoms with E-state index in [-0.39, 0.29) is 18.4 Å². The highest BCUT2D eigenvalue weighted by atomic mass is 79.9. The van der Waals surface area contributed by atoms with Crippen molar-refractivity contribution >= 4 is 33.4 Å². The van der Waals surface area contributed by atoms with E-state index in [1.54, 1.807) is 4.90 Å². The number of carbonyl (C=O) groups excluding carboxylic acids is 2. The Bertz CT molecular complexity index is 1080. The maximum atomic E-state index is 13.4. The molecule has 0 aliphatic carbocycles. The van der Waals surface area contributed by atoms with Crippen molar-refractivity contribution < 1.29 is 14.3 Å². The Hall–Kier alpha value is -3.12. The second kappa shape index (κ2) is 8.71. The molecule has 0 fully saturated rings. The Morgan fingerprint density at radius 1 is 1.10 bits per heavy atom. The predicted molar refractivity (Wildman–Crippen MR) is 119 cm³/mol. The average molecular weight is 465 g/mol. The lowest BCUT2D eigenvalue weighted by Gasteiger charge is -2.35. The number of anilines is 1. The molecular formula is C24H21BrN2O3. The highest BCUT2D eigenvalue weighted by molar-refractivity contribution is 9.10. The van der Waals surface area contributed by atoms with E-state index in [2.05, 4.69) is 21.2 Å². The summed E-state index contributed by atoms with van der Waals surface area (Å²) in [7, 11) is 0. The van der Waals surface area contributed by atoms with E-state index in [0.29, 0.717) is 23.5 Å². The van der Waals surface area contributed by atoms with Crippen molar-refractivity contribution in [2.75, 3.05) is 11.5 Å². The number of rotatable bonds is 5. The lowest BCUT2D eigenvalue weighted by molar-refractivity contribution is -0.128. The molecule has 0 radical (unpaired) electrons. The molecule has 1 N–H and O–H groups in total. The molecule has 1 aliphatic heterocycles. The SMILES string of the molecule is Cc1ccc2c(c1)OCC(=O)N2C(C(=O)NCc1ccccc1)c1ccccc1Br. The summed E-state index contributed by atoms with van der Waals surface area (Å²) in [4.78, 5) is 27.9. The number of benzene rings is 3. The number of fused-ring (bicyclic) bond motifs is 1. The Balaban J connectivity index is 1.74. The quantitative estimate of drug-likeness (QED) is 0.602. The zero-order chi connectivity index (χ0) is 21.1. The molecule has 2 amide bonds. The molecule has 1 heterocycles. The maximum Gasteiger partial charge on any atom is 0.266 e. The first-order valence-corrected chi connectivity index (χ1v) is 10.5. The molecule has 3 aromatic rings. The summed E-state index contributed by atoms with van der Waals surface area (Å²) >= 11 is 3.55. The molecule has 1 unspecified atom stereocenters. The van der Waals surface area contributed by atoms with Gasteiger partial charge in [0.2, 0.25) is 5.91 Å². The van der Waals surface area contributed by atoms with E-state index in [1.807, 2.05) is 79.7 Å². The first-order valence-electron chi connectivity index (χ1n) is 9.66. The van der Waals surface area contributed by atoms with Crippen molar-refractivity contribution in [1.29, 1.82) is 0 Å². The van der Waals surface area contributed by atoms with Crippen molar-refractivity contribution in [3.8, 4) is 5.75 Å². The van der Waals surface area contributed by atoms with Crippen LogP contribution in [0.4, 0.5) is 5.69 Å². The van der Waals surface area contributed by atoms with Crippen LogP contribution in [0.2, 0.25) is 0 Å². The number of aryl methyl sites for hydroxylation is 1. The number of halogens is 1. The molecule has 4 rings (SSSR count). The van der Waals surface area contributed by atoms with Crippen molar-refractivity contribution in [3.63, 3.8) is 0 Å². The van der Waals surface area contributed by atoms with Gasteiger partial charge in [-0.05, 0) is 41.8 Å². The van der Waals surface area contributed by atoms with Gasteiger partial charge in [-0.3, -0.25) is 14.5 Å². The van der Waals surface area contributed by atoms with Gasteiger partial charge in [0.25, 0.3) is 5.91 Å². The zero-order valence-corrected chi connectivity index (χ0v) is 18.1. The fourth-order valence-corrected chi connectivity index (χ4v) is 4.04. The third-order valence-electron chi connectivity index (χ3n) is 5.01. The molecule has 152 valence electrons. The smallest absolute Gasteiger partial charge is 0.266 e. The summed E-state index contributed by atoms with van der Waals surface area (Å²) < 4.78 is 6.40. The monoisotopic (exact) mass is 464 g/mol. The van der Waals surface area contributed by atoms with Gasteiger partial charge in [0.15, 0.2) is 6.61 Å². The van der Waals surface area contributed by atoms with Gasteiger partial charge < -0.3 is 10.1 Å². The van der Waals surface area contributed by atoms with E-state index in [0.717, 1.165) is 15.6 Å². The van der Waals surface area contributed by atoms with Crippen LogP contribution in [0.1, 0.15) is 22.7 Å². The average Bonchev–Trinajstić information content (AvgIpc) is 2.76. The van der Waals surface area contributed by atoms with Crippen LogP contribution in [-0.2, 0) is 16.1 Å². The van der Waals surface area contributed by atoms with Crippen LogP contribution in [0.5, 0.6) is 5.75 Å². The minimum absolute atomic E-state index is 0.108. The van der Waals surface area contributed by atoms with Crippen LogP contribution >= 0.6 is 15.9 Å². The molecule has 6 heteroatoms. The van der Waals surface area contributed by atoms with Crippen molar-refractivity contribution in [2.45, 2.75) is 19.5 Å². The zero-order valence-electron chi connectivity index (χ0n) is 16.5. The second-order valence-electron chi connectivity index (χ2n) is 7.15. The summed E-state index contributed by atoms with van der Waals surface area (Å²) in [6.45, 7) is 2.23. The maximum absolute atomic E-state index is 13.4. The molecule has 30 heavy (non-hydrogen) atoms. The number of nitrogens with zero attached hydrogens (tertiary/aromatic N) is 1. The van der Waals surface area contributed by atoms with Crippen LogP contribution in [-0.4, -0.2) is 18.4 Å². The summed E-state index contributed by atoms with van der Waals surface area (Å²) in [5.41, 5.74) is 3.31. The van der Waals surface area contributed by atoms with E-state index in [9.17, 15) is 9.59 Å². The molecule has 1 aliphatic rings. The van der Waals surface area contributed by atoms with Crippen molar-refractivity contribution in [3.05, 3.63) is 94.0 Å². The van der Waals surface area contributed by atoms with Crippen LogP contribution in [0, 0.1) is 6.92 Å². The first-order chi connectivity index (χ1) is 14.5. The number of ether oxygens (including phenoxy) is 1. The largest absolute Gasteiger partial charge is 0.482 e. The lowest BCUT2D eigenvalue weighted by atomic mass is 10.0. The molecular weight excluding hydrogens is 444 g/mol. The minimum Gasteiger partial charge on any atom is -0.482 e. The number of hydrogen-bond donors (Lipinski definition) is 1. The first kappa shape index (κ1) is 20.2. The van der Waals surface area contributed by atoms with E-state index >= 15 is 0 Å². The van der Waals surface area contributed by atoms with Gasteiger partial charge in [0.1, 0.15) is 11.8 Å². The predicted octanol–water partition coefficient (Wildman–Crippen LogP) is 4.54. The van der Waals surface area contributed by atoms with Gasteiger partial charge in [0.05, 0.1) is 5.69 Å². The normalized spacial score (nSPS) is 13.9. The molecule has 1 atom stereocenters. The van der Waals surface area contributed by atoms with Crippen LogP contribution in [0.15, 0.2) is 77.3 Å².